The van der Waals surface area contributed by atoms with Crippen molar-refractivity contribution in [2.45, 2.75) is 64.8 Å². The number of allylic oxidation sites excluding steroid dienone is 7. The van der Waals surface area contributed by atoms with E-state index in [1.165, 1.54) is 29.7 Å². The second-order valence-electron chi connectivity index (χ2n) is 11.6. The lowest BCUT2D eigenvalue weighted by Crippen LogP contribution is -2.26. The van der Waals surface area contributed by atoms with Crippen LogP contribution in [0.1, 0.15) is 61.6 Å². The Labute approximate surface area is 253 Å². The van der Waals surface area contributed by atoms with Crippen molar-refractivity contribution < 1.29 is 40.6 Å². The van der Waals surface area contributed by atoms with E-state index in [4.69, 9.17) is 10.2 Å². The molecule has 0 unspecified atom stereocenters. The van der Waals surface area contributed by atoms with Gasteiger partial charge in [-0.25, -0.2) is 9.97 Å². The number of oxazole rings is 1. The van der Waals surface area contributed by atoms with Crippen molar-refractivity contribution in [3.05, 3.63) is 82.4 Å². The molecule has 13 heteroatoms. The van der Waals surface area contributed by atoms with Gasteiger partial charge in [0.1, 0.15) is 11.5 Å². The lowest BCUT2D eigenvalue weighted by atomic mass is 9.82. The van der Waals surface area contributed by atoms with Gasteiger partial charge >= 0.3 is 12.5 Å². The van der Waals surface area contributed by atoms with E-state index in [-0.39, 0.29) is 34.9 Å². The van der Waals surface area contributed by atoms with Crippen LogP contribution in [-0.2, 0) is 11.0 Å². The molecule has 1 fully saturated rings. The van der Waals surface area contributed by atoms with Gasteiger partial charge in [0.2, 0.25) is 5.91 Å². The first kappa shape index (κ1) is 29.1. The van der Waals surface area contributed by atoms with E-state index in [1.54, 1.807) is 6.92 Å². The Kier molecular flexibility index (Phi) is 6.40. The summed E-state index contributed by atoms with van der Waals surface area (Å²) >= 11 is 0. The Hall–Kier alpha value is -4.68. The number of nitrogens with two attached hydrogens (primary N) is 1. The largest absolute Gasteiger partial charge is 0.586 e. The highest BCUT2D eigenvalue weighted by atomic mass is 19.4. The molecule has 0 saturated heterocycles. The van der Waals surface area contributed by atoms with Gasteiger partial charge in [0.15, 0.2) is 28.8 Å². The first-order chi connectivity index (χ1) is 21.2. The molecule has 8 nitrogen and oxygen atoms in total. The standard InChI is InChI=1S/C32H27F5N4O4/c1-16-39-26(31(33,34)35)15-41(16)23-8-6-19(18-4-3-5-21(12-18)30(10-11-30)29(38)42)13-22(23)27-28(43-17(2)40-27)20-7-9-24-25(14-20)45-32(36,37)44-24/h5,7,9,12-15H,3-4,6,8,10-11H2,1-2H3,(H2,38,42). The van der Waals surface area contributed by atoms with Crippen LogP contribution in [0, 0.1) is 19.3 Å². The summed E-state index contributed by atoms with van der Waals surface area (Å²) in [6.07, 6.45) is 2.07. The Morgan fingerprint density at radius 2 is 1.73 bits per heavy atom. The average Bonchev–Trinajstić information content (AvgIpc) is 3.43. The van der Waals surface area contributed by atoms with Gasteiger partial charge in [0, 0.05) is 30.0 Å². The SMILES string of the molecule is Cc1nc(C2=C(n3cc(C(F)(F)F)nc3C)CCC(C3=CC(C4(C(N)=O)CC4)=CCC3)=C2)c(-c2ccc3c(c2)OC(F)(F)O3)o1. The molecule has 0 atom stereocenters. The van der Waals surface area contributed by atoms with Crippen LogP contribution >= 0.6 is 0 Å². The number of aromatic nitrogens is 3. The summed E-state index contributed by atoms with van der Waals surface area (Å²) in [7, 11) is 0. The molecule has 45 heavy (non-hydrogen) atoms. The third-order valence-electron chi connectivity index (χ3n) is 8.67. The van der Waals surface area contributed by atoms with Gasteiger partial charge in [-0.3, -0.25) is 4.79 Å². The number of carbonyl (C=O) groups is 1. The molecule has 3 aliphatic carbocycles. The Balaban J connectivity index is 1.38. The molecule has 3 heterocycles. The maximum absolute atomic E-state index is 13.8. The van der Waals surface area contributed by atoms with E-state index in [2.05, 4.69) is 19.4 Å². The van der Waals surface area contributed by atoms with Crippen molar-refractivity contribution >= 4 is 17.2 Å². The van der Waals surface area contributed by atoms with E-state index >= 15 is 0 Å². The highest BCUT2D eigenvalue weighted by Gasteiger charge is 2.51. The number of hydrogen-bond donors (Lipinski definition) is 1. The van der Waals surface area contributed by atoms with Gasteiger partial charge in [-0.1, -0.05) is 12.2 Å². The fourth-order valence-electron chi connectivity index (χ4n) is 6.30. The van der Waals surface area contributed by atoms with Gasteiger partial charge in [-0.15, -0.1) is 8.78 Å². The number of benzene rings is 1. The summed E-state index contributed by atoms with van der Waals surface area (Å²) in [5.41, 5.74) is 8.57. The van der Waals surface area contributed by atoms with Crippen molar-refractivity contribution in [1.29, 1.82) is 0 Å². The molecule has 2 N–H and O–H groups in total. The molecule has 1 aromatic carbocycles. The van der Waals surface area contributed by atoms with Crippen molar-refractivity contribution in [3.8, 4) is 22.8 Å². The van der Waals surface area contributed by atoms with E-state index in [9.17, 15) is 26.7 Å². The quantitative estimate of drug-likeness (QED) is 0.284. The van der Waals surface area contributed by atoms with Crippen LogP contribution in [0.5, 0.6) is 11.5 Å². The lowest BCUT2D eigenvalue weighted by Gasteiger charge is -2.25. The second-order valence-corrected chi connectivity index (χ2v) is 11.6. The van der Waals surface area contributed by atoms with Crippen molar-refractivity contribution in [1.82, 2.24) is 14.5 Å². The van der Waals surface area contributed by atoms with Crippen molar-refractivity contribution in [2.75, 3.05) is 0 Å². The molecule has 7 rings (SSSR count). The number of hydrogen-bond acceptors (Lipinski definition) is 6. The Bertz CT molecular complexity index is 1890. The zero-order valence-electron chi connectivity index (χ0n) is 24.2. The number of alkyl halides is 5. The number of ether oxygens (including phenoxy) is 2. The molecule has 1 amide bonds. The minimum Gasteiger partial charge on any atom is -0.440 e. The number of fused-ring (bicyclic) bond motifs is 1. The number of primary amides is 1. The fourth-order valence-corrected chi connectivity index (χ4v) is 6.30. The third-order valence-corrected chi connectivity index (χ3v) is 8.67. The zero-order chi connectivity index (χ0) is 31.9. The van der Waals surface area contributed by atoms with Gasteiger partial charge in [0.05, 0.1) is 5.41 Å². The minimum atomic E-state index is -4.65. The van der Waals surface area contributed by atoms with E-state index in [0.717, 1.165) is 22.9 Å². The lowest BCUT2D eigenvalue weighted by molar-refractivity contribution is -0.286. The smallest absolute Gasteiger partial charge is 0.440 e. The second kappa shape index (κ2) is 9.91. The summed E-state index contributed by atoms with van der Waals surface area (Å²) in [4.78, 5) is 20.6. The zero-order valence-corrected chi connectivity index (χ0v) is 24.2. The summed E-state index contributed by atoms with van der Waals surface area (Å²) in [6, 6.07) is 4.19. The topological polar surface area (TPSA) is 105 Å². The predicted octanol–water partition coefficient (Wildman–Crippen LogP) is 7.50. The molecule has 1 saturated carbocycles. The van der Waals surface area contributed by atoms with Crippen LogP contribution in [0.3, 0.4) is 0 Å². The summed E-state index contributed by atoms with van der Waals surface area (Å²) in [6.45, 7) is 3.11. The molecule has 1 aliphatic heterocycles. The van der Waals surface area contributed by atoms with Crippen LogP contribution in [0.25, 0.3) is 22.6 Å². The van der Waals surface area contributed by atoms with Crippen LogP contribution in [0.2, 0.25) is 0 Å². The molecule has 234 valence electrons. The van der Waals surface area contributed by atoms with Crippen molar-refractivity contribution in [3.63, 3.8) is 0 Å². The normalized spacial score (nSPS) is 20.1. The highest BCUT2D eigenvalue weighted by molar-refractivity contribution is 5.95. The first-order valence-electron chi connectivity index (χ1n) is 14.4. The van der Waals surface area contributed by atoms with Gasteiger partial charge in [0.25, 0.3) is 0 Å². The van der Waals surface area contributed by atoms with E-state index in [0.29, 0.717) is 61.1 Å². The number of imidazole rings is 1. The highest BCUT2D eigenvalue weighted by Crippen LogP contribution is 2.54. The number of carbonyl (C=O) groups excluding carboxylic acids is 1. The number of aryl methyl sites for hydroxylation is 2. The predicted molar refractivity (Wildman–Crippen MR) is 152 cm³/mol. The number of nitrogens with zero attached hydrogens (tertiary/aromatic N) is 3. The van der Waals surface area contributed by atoms with E-state index < -0.39 is 23.6 Å². The molecular formula is C32H27F5N4O4. The van der Waals surface area contributed by atoms with Crippen LogP contribution < -0.4 is 15.2 Å². The number of rotatable bonds is 6. The van der Waals surface area contributed by atoms with Gasteiger partial charge in [-0.2, -0.15) is 13.2 Å². The monoisotopic (exact) mass is 626 g/mol. The van der Waals surface area contributed by atoms with Crippen LogP contribution in [0.4, 0.5) is 22.0 Å². The molecular weight excluding hydrogens is 599 g/mol. The minimum absolute atomic E-state index is 0.137. The first-order valence-corrected chi connectivity index (χ1v) is 14.4. The Morgan fingerprint density at radius 3 is 2.42 bits per heavy atom. The molecule has 2 aromatic heterocycles. The molecule has 0 bridgehead atoms. The number of halogens is 5. The fraction of sp³-hybridized carbons (Fsp3) is 0.344. The summed E-state index contributed by atoms with van der Waals surface area (Å²) in [5, 5.41) is 0. The van der Waals surface area contributed by atoms with Gasteiger partial charge < -0.3 is 24.2 Å². The van der Waals surface area contributed by atoms with E-state index in [1.807, 2.05) is 18.2 Å². The molecule has 0 spiro atoms. The molecule has 3 aromatic rings. The van der Waals surface area contributed by atoms with Crippen LogP contribution in [-0.4, -0.2) is 26.7 Å². The summed E-state index contributed by atoms with van der Waals surface area (Å²) in [5.74, 6) is -0.0794. The summed E-state index contributed by atoms with van der Waals surface area (Å²) < 4.78 is 85.1. The number of amides is 1. The average molecular weight is 627 g/mol. The third kappa shape index (κ3) is 5.03. The maximum atomic E-state index is 13.8. The van der Waals surface area contributed by atoms with Crippen LogP contribution in [0.15, 0.2) is 63.8 Å². The molecule has 0 radical (unpaired) electrons. The Morgan fingerprint density at radius 1 is 1.00 bits per heavy atom. The maximum Gasteiger partial charge on any atom is 0.586 e. The van der Waals surface area contributed by atoms with Crippen molar-refractivity contribution in [2.24, 2.45) is 11.1 Å². The van der Waals surface area contributed by atoms with Gasteiger partial charge in [-0.05, 0) is 86.4 Å². The molecule has 4 aliphatic rings.